The van der Waals surface area contributed by atoms with Crippen molar-refractivity contribution in [2.45, 2.75) is 31.9 Å². The van der Waals surface area contributed by atoms with Crippen molar-refractivity contribution in [1.29, 1.82) is 0 Å². The molecule has 4 heteroatoms. The Kier molecular flexibility index (Phi) is 5.57. The van der Waals surface area contributed by atoms with Crippen molar-refractivity contribution in [1.82, 2.24) is 0 Å². The zero-order valence-corrected chi connectivity index (χ0v) is 17.3. The smallest absolute Gasteiger partial charge is 0.226 e. The number of amides is 1. The fourth-order valence-electron chi connectivity index (χ4n) is 3.52. The lowest BCUT2D eigenvalue weighted by Crippen LogP contribution is -2.27. The van der Waals surface area contributed by atoms with E-state index in [0.717, 1.165) is 28.3 Å². The van der Waals surface area contributed by atoms with Crippen LogP contribution in [-0.4, -0.2) is 11.5 Å². The van der Waals surface area contributed by atoms with E-state index in [0.29, 0.717) is 6.42 Å². The van der Waals surface area contributed by atoms with Gasteiger partial charge in [0.25, 0.3) is 0 Å². The van der Waals surface area contributed by atoms with Gasteiger partial charge in [0.05, 0.1) is 12.5 Å². The molecular formula is C26H26N2O2. The molecular weight excluding hydrogens is 372 g/mol. The van der Waals surface area contributed by atoms with Gasteiger partial charge in [0.2, 0.25) is 5.91 Å². The number of carbonyl (C=O) groups excluding carboxylic acids is 1. The van der Waals surface area contributed by atoms with Crippen molar-refractivity contribution >= 4 is 23.4 Å². The standard InChI is InChI=1S/C26H26N2O2/c1-26(2)16-15-20-17-19(13-14-24(20)30-26)23(27-21-9-5-3-6-10-21)18-25(29)28-22-11-7-4-8-12-22/h3-17,23,27H,18H2,1-2H3,(H,28,29). The molecule has 4 nitrogen and oxygen atoms in total. The molecule has 3 aromatic carbocycles. The highest BCUT2D eigenvalue weighted by Gasteiger charge is 2.23. The van der Waals surface area contributed by atoms with Gasteiger partial charge < -0.3 is 15.4 Å². The Balaban J connectivity index is 1.58. The first-order valence-corrected chi connectivity index (χ1v) is 10.2. The van der Waals surface area contributed by atoms with Gasteiger partial charge in [-0.05, 0) is 61.9 Å². The molecule has 0 saturated heterocycles. The Labute approximate surface area is 177 Å². The van der Waals surface area contributed by atoms with E-state index >= 15 is 0 Å². The summed E-state index contributed by atoms with van der Waals surface area (Å²) in [6.07, 6.45) is 4.45. The molecule has 0 bridgehead atoms. The molecule has 152 valence electrons. The minimum Gasteiger partial charge on any atom is -0.483 e. The van der Waals surface area contributed by atoms with Gasteiger partial charge in [0, 0.05) is 16.9 Å². The summed E-state index contributed by atoms with van der Waals surface area (Å²) >= 11 is 0. The van der Waals surface area contributed by atoms with E-state index in [1.54, 1.807) is 0 Å². The highest BCUT2D eigenvalue weighted by Crippen LogP contribution is 2.34. The number of hydrogen-bond acceptors (Lipinski definition) is 3. The lowest BCUT2D eigenvalue weighted by Gasteiger charge is -2.29. The molecule has 3 aromatic rings. The molecule has 0 radical (unpaired) electrons. The van der Waals surface area contributed by atoms with Crippen molar-refractivity contribution in [3.63, 3.8) is 0 Å². The van der Waals surface area contributed by atoms with Crippen molar-refractivity contribution in [2.24, 2.45) is 0 Å². The summed E-state index contributed by atoms with van der Waals surface area (Å²) in [6.45, 7) is 4.07. The average Bonchev–Trinajstić information content (AvgIpc) is 2.74. The third-order valence-corrected chi connectivity index (χ3v) is 5.04. The topological polar surface area (TPSA) is 50.4 Å². The molecule has 1 heterocycles. The summed E-state index contributed by atoms with van der Waals surface area (Å²) in [4.78, 5) is 12.8. The Morgan fingerprint density at radius 3 is 2.30 bits per heavy atom. The Bertz CT molecular complexity index is 1040. The maximum absolute atomic E-state index is 12.8. The van der Waals surface area contributed by atoms with Crippen LogP contribution >= 0.6 is 0 Å². The third-order valence-electron chi connectivity index (χ3n) is 5.04. The maximum atomic E-state index is 12.8. The Hall–Kier alpha value is -3.53. The van der Waals surface area contributed by atoms with E-state index in [4.69, 9.17) is 4.74 Å². The van der Waals surface area contributed by atoms with Crippen LogP contribution in [0.4, 0.5) is 11.4 Å². The maximum Gasteiger partial charge on any atom is 0.226 e. The van der Waals surface area contributed by atoms with Crippen LogP contribution in [0.5, 0.6) is 5.75 Å². The Morgan fingerprint density at radius 1 is 0.933 bits per heavy atom. The van der Waals surface area contributed by atoms with Crippen LogP contribution in [0.2, 0.25) is 0 Å². The van der Waals surface area contributed by atoms with Crippen molar-refractivity contribution in [3.8, 4) is 5.75 Å². The first-order chi connectivity index (χ1) is 14.5. The molecule has 1 amide bonds. The average molecular weight is 399 g/mol. The number of benzene rings is 3. The van der Waals surface area contributed by atoms with Gasteiger partial charge in [-0.15, -0.1) is 0 Å². The van der Waals surface area contributed by atoms with Crippen molar-refractivity contribution in [3.05, 3.63) is 96.1 Å². The molecule has 0 fully saturated rings. The Morgan fingerprint density at radius 2 is 1.60 bits per heavy atom. The number of fused-ring (bicyclic) bond motifs is 1. The normalized spacial score (nSPS) is 14.9. The SMILES string of the molecule is CC1(C)C=Cc2cc(C(CC(=O)Nc3ccccc3)Nc3ccccc3)ccc2O1. The van der Waals surface area contributed by atoms with Gasteiger partial charge in [0.1, 0.15) is 11.4 Å². The molecule has 1 aliphatic rings. The van der Waals surface area contributed by atoms with Gasteiger partial charge in [-0.2, -0.15) is 0 Å². The number of carbonyl (C=O) groups is 1. The molecule has 1 atom stereocenters. The highest BCUT2D eigenvalue weighted by atomic mass is 16.5. The summed E-state index contributed by atoms with van der Waals surface area (Å²) < 4.78 is 6.05. The van der Waals surface area contributed by atoms with Gasteiger partial charge in [-0.3, -0.25) is 4.79 Å². The van der Waals surface area contributed by atoms with Crippen LogP contribution in [0, 0.1) is 0 Å². The third kappa shape index (κ3) is 4.90. The fourth-order valence-corrected chi connectivity index (χ4v) is 3.52. The van der Waals surface area contributed by atoms with E-state index in [-0.39, 0.29) is 17.6 Å². The van der Waals surface area contributed by atoms with Gasteiger partial charge in [-0.1, -0.05) is 48.5 Å². The molecule has 0 aliphatic carbocycles. The van der Waals surface area contributed by atoms with E-state index in [2.05, 4.69) is 28.9 Å². The number of rotatable bonds is 6. The molecule has 0 saturated carbocycles. The van der Waals surface area contributed by atoms with Gasteiger partial charge in [0.15, 0.2) is 0 Å². The zero-order chi connectivity index (χ0) is 21.0. The summed E-state index contributed by atoms with van der Waals surface area (Å²) in [5.41, 5.74) is 3.51. The molecule has 1 aliphatic heterocycles. The van der Waals surface area contributed by atoms with E-state index < -0.39 is 0 Å². The predicted octanol–water partition coefficient (Wildman–Crippen LogP) is 6.05. The highest BCUT2D eigenvalue weighted by molar-refractivity contribution is 5.91. The second kappa shape index (κ2) is 8.46. The van der Waals surface area contributed by atoms with Crippen LogP contribution in [0.1, 0.15) is 37.4 Å². The minimum absolute atomic E-state index is 0.0414. The van der Waals surface area contributed by atoms with Crippen LogP contribution in [0.15, 0.2) is 84.9 Å². The fraction of sp³-hybridized carbons (Fsp3) is 0.192. The summed E-state index contributed by atoms with van der Waals surface area (Å²) in [5.74, 6) is 0.818. The molecule has 1 unspecified atom stereocenters. The second-order valence-corrected chi connectivity index (χ2v) is 8.02. The van der Waals surface area contributed by atoms with E-state index in [1.165, 1.54) is 0 Å². The first-order valence-electron chi connectivity index (χ1n) is 10.2. The van der Waals surface area contributed by atoms with E-state index in [9.17, 15) is 4.79 Å². The lowest BCUT2D eigenvalue weighted by molar-refractivity contribution is -0.116. The number of hydrogen-bond donors (Lipinski definition) is 2. The molecule has 2 N–H and O–H groups in total. The number of para-hydroxylation sites is 2. The van der Waals surface area contributed by atoms with Crippen molar-refractivity contribution < 1.29 is 9.53 Å². The van der Waals surface area contributed by atoms with Crippen LogP contribution in [0.25, 0.3) is 6.08 Å². The minimum atomic E-state index is -0.314. The van der Waals surface area contributed by atoms with E-state index in [1.807, 2.05) is 86.6 Å². The van der Waals surface area contributed by atoms with Crippen LogP contribution in [0.3, 0.4) is 0 Å². The molecule has 4 rings (SSSR count). The van der Waals surface area contributed by atoms with Crippen LogP contribution < -0.4 is 15.4 Å². The summed E-state index contributed by atoms with van der Waals surface area (Å²) in [6, 6.07) is 25.4. The summed E-state index contributed by atoms with van der Waals surface area (Å²) in [5, 5.41) is 6.49. The number of ether oxygens (including phenoxy) is 1. The molecule has 0 aromatic heterocycles. The first kappa shape index (κ1) is 19.8. The zero-order valence-electron chi connectivity index (χ0n) is 17.3. The monoisotopic (exact) mass is 398 g/mol. The lowest BCUT2D eigenvalue weighted by atomic mass is 9.96. The quantitative estimate of drug-likeness (QED) is 0.531. The van der Waals surface area contributed by atoms with Gasteiger partial charge in [-0.25, -0.2) is 0 Å². The number of nitrogens with one attached hydrogen (secondary N) is 2. The summed E-state index contributed by atoms with van der Waals surface area (Å²) in [7, 11) is 0. The second-order valence-electron chi connectivity index (χ2n) is 8.02. The molecule has 30 heavy (non-hydrogen) atoms. The number of anilines is 2. The largest absolute Gasteiger partial charge is 0.483 e. The van der Waals surface area contributed by atoms with Crippen LogP contribution in [-0.2, 0) is 4.79 Å². The van der Waals surface area contributed by atoms with Gasteiger partial charge >= 0.3 is 0 Å². The van der Waals surface area contributed by atoms with Crippen molar-refractivity contribution in [2.75, 3.05) is 10.6 Å². The molecule has 0 spiro atoms. The predicted molar refractivity (Wildman–Crippen MR) is 123 cm³/mol.